The van der Waals surface area contributed by atoms with Crippen LogP contribution < -0.4 is 5.32 Å². The molecule has 5 atom stereocenters. The second-order valence-corrected chi connectivity index (χ2v) is 11.8. The van der Waals surface area contributed by atoms with E-state index in [1.165, 1.54) is 11.8 Å². The van der Waals surface area contributed by atoms with Gasteiger partial charge in [-0.15, -0.1) is 0 Å². The Hall–Kier alpha value is -2.99. The highest BCUT2D eigenvalue weighted by atomic mass is 16.6. The Morgan fingerprint density at radius 3 is 2.47 bits per heavy atom. The molecule has 190 valence electrons. The molecule has 2 unspecified atom stereocenters. The molecule has 1 aromatic heterocycles. The molecule has 36 heavy (non-hydrogen) atoms. The maximum atomic E-state index is 12.9. The van der Waals surface area contributed by atoms with Gasteiger partial charge in [-0.3, -0.25) is 4.79 Å². The van der Waals surface area contributed by atoms with E-state index in [9.17, 15) is 15.0 Å². The molecule has 0 radical (unpaired) electrons. The predicted molar refractivity (Wildman–Crippen MR) is 135 cm³/mol. The summed E-state index contributed by atoms with van der Waals surface area (Å²) >= 11 is 0. The first-order valence-electron chi connectivity index (χ1n) is 12.6. The third-order valence-corrected chi connectivity index (χ3v) is 8.31. The van der Waals surface area contributed by atoms with Gasteiger partial charge < -0.3 is 25.3 Å². The number of imidazole rings is 1. The van der Waals surface area contributed by atoms with Crippen LogP contribution in [0.1, 0.15) is 93.2 Å². The van der Waals surface area contributed by atoms with Crippen LogP contribution >= 0.6 is 0 Å². The summed E-state index contributed by atoms with van der Waals surface area (Å²) in [6.45, 7) is 8.27. The van der Waals surface area contributed by atoms with Crippen LogP contribution in [-0.4, -0.2) is 49.5 Å². The summed E-state index contributed by atoms with van der Waals surface area (Å²) in [5.74, 6) is -0.226. The fourth-order valence-corrected chi connectivity index (χ4v) is 6.12. The number of carbonyl (C=O) groups excluding carboxylic acids is 1. The Kier molecular flexibility index (Phi) is 5.86. The summed E-state index contributed by atoms with van der Waals surface area (Å²) in [6, 6.07) is 8.03. The minimum Gasteiger partial charge on any atom is -0.387 e. The molecule has 0 spiro atoms. The number of carbonyl (C=O) groups is 1. The highest BCUT2D eigenvalue weighted by Crippen LogP contribution is 2.53. The van der Waals surface area contributed by atoms with Crippen LogP contribution in [0.5, 0.6) is 0 Å². The van der Waals surface area contributed by atoms with E-state index in [2.05, 4.69) is 41.3 Å². The van der Waals surface area contributed by atoms with Gasteiger partial charge in [0, 0.05) is 11.3 Å². The van der Waals surface area contributed by atoms with Gasteiger partial charge in [-0.1, -0.05) is 26.0 Å². The maximum absolute atomic E-state index is 12.9. The van der Waals surface area contributed by atoms with Gasteiger partial charge in [-0.2, -0.15) is 5.26 Å². The molecule has 2 bridgehead atoms. The van der Waals surface area contributed by atoms with E-state index < -0.39 is 29.3 Å². The first kappa shape index (κ1) is 24.7. The lowest BCUT2D eigenvalue weighted by molar-refractivity contribution is -0.153. The summed E-state index contributed by atoms with van der Waals surface area (Å²) in [7, 11) is 0. The minimum absolute atomic E-state index is 0.0881. The Morgan fingerprint density at radius 2 is 1.89 bits per heavy atom. The van der Waals surface area contributed by atoms with Crippen molar-refractivity contribution in [1.82, 2.24) is 9.97 Å². The van der Waals surface area contributed by atoms with Crippen molar-refractivity contribution in [3.8, 4) is 6.07 Å². The first-order valence-corrected chi connectivity index (χ1v) is 12.6. The smallest absolute Gasteiger partial charge is 0.291 e. The highest BCUT2D eigenvalue weighted by Gasteiger charge is 2.61. The number of nitrogens with one attached hydrogen (secondary N) is 2. The Morgan fingerprint density at radius 1 is 1.19 bits per heavy atom. The zero-order valence-corrected chi connectivity index (χ0v) is 21.3. The number of ether oxygens (including phenoxy) is 1. The molecule has 3 aliphatic rings. The van der Waals surface area contributed by atoms with Crippen molar-refractivity contribution >= 4 is 17.2 Å². The number of hydrogen-bond acceptors (Lipinski definition) is 6. The standard InChI is InChI=1S/C28H34N4O4/c1-26(2)9-7-16(8-10-26)20-11-17(18-12-27(3)22(33)23(34)28(4,13-18)36-27)5-6-21(20)32-25(35)24-30-15-19(14-29)31-24/h5-7,11,15,18,22-23,33-34H,8-10,12-13H2,1-4H3,(H,30,31)(H,32,35)/t18?,22-,23?,27+,28-/m0/s1. The zero-order chi connectivity index (χ0) is 25.9. The van der Waals surface area contributed by atoms with E-state index in [1.54, 1.807) is 0 Å². The summed E-state index contributed by atoms with van der Waals surface area (Å²) in [5, 5.41) is 33.4. The Balaban J connectivity index is 1.50. The van der Waals surface area contributed by atoms with Gasteiger partial charge in [0.25, 0.3) is 5.91 Å². The number of benzene rings is 1. The fraction of sp³-hybridized carbons (Fsp3) is 0.536. The summed E-state index contributed by atoms with van der Waals surface area (Å²) in [5.41, 5.74) is 2.80. The minimum atomic E-state index is -0.930. The lowest BCUT2D eigenvalue weighted by Crippen LogP contribution is -2.43. The van der Waals surface area contributed by atoms with Crippen LogP contribution in [0.15, 0.2) is 30.5 Å². The number of H-pyrrole nitrogens is 1. The molecule has 1 aromatic carbocycles. The molecule has 2 saturated heterocycles. The van der Waals surface area contributed by atoms with Crippen LogP contribution in [0.2, 0.25) is 0 Å². The molecule has 5 rings (SSSR count). The van der Waals surface area contributed by atoms with E-state index >= 15 is 0 Å². The monoisotopic (exact) mass is 490 g/mol. The third kappa shape index (κ3) is 4.26. The second-order valence-electron chi connectivity index (χ2n) is 11.8. The van der Waals surface area contributed by atoms with Crippen molar-refractivity contribution in [3.05, 3.63) is 53.1 Å². The molecule has 8 nitrogen and oxygen atoms in total. The average Bonchev–Trinajstić information content (AvgIpc) is 3.36. The summed E-state index contributed by atoms with van der Waals surface area (Å²) in [4.78, 5) is 19.7. The zero-order valence-electron chi connectivity index (χ0n) is 21.3. The number of allylic oxidation sites excluding steroid dienone is 2. The molecule has 1 aliphatic carbocycles. The molecule has 2 aliphatic heterocycles. The van der Waals surface area contributed by atoms with Crippen LogP contribution in [0.3, 0.4) is 0 Å². The molecule has 2 aromatic rings. The second kappa shape index (κ2) is 8.55. The number of aromatic amines is 1. The number of fused-ring (bicyclic) bond motifs is 2. The lowest BCUT2D eigenvalue weighted by Gasteiger charge is -2.41. The number of anilines is 1. The molecule has 8 heteroatoms. The molecule has 2 fully saturated rings. The number of nitriles is 1. The topological polar surface area (TPSA) is 131 Å². The van der Waals surface area contributed by atoms with Crippen LogP contribution in [0, 0.1) is 16.7 Å². The molecule has 3 heterocycles. The van der Waals surface area contributed by atoms with Crippen molar-refractivity contribution in [3.63, 3.8) is 0 Å². The van der Waals surface area contributed by atoms with Gasteiger partial charge in [-0.25, -0.2) is 4.98 Å². The Labute approximate surface area is 211 Å². The van der Waals surface area contributed by atoms with Gasteiger partial charge in [-0.05, 0) is 80.6 Å². The largest absolute Gasteiger partial charge is 0.387 e. The van der Waals surface area contributed by atoms with Crippen molar-refractivity contribution < 1.29 is 19.7 Å². The van der Waals surface area contributed by atoms with Crippen molar-refractivity contribution in [2.45, 2.75) is 89.1 Å². The summed E-state index contributed by atoms with van der Waals surface area (Å²) in [6.07, 6.45) is 5.85. The molecular formula is C28H34N4O4. The molecule has 0 saturated carbocycles. The van der Waals surface area contributed by atoms with Gasteiger partial charge in [0.15, 0.2) is 5.82 Å². The van der Waals surface area contributed by atoms with E-state index in [4.69, 9.17) is 10.00 Å². The first-order chi connectivity index (χ1) is 16.9. The van der Waals surface area contributed by atoms with Gasteiger partial charge >= 0.3 is 0 Å². The third-order valence-electron chi connectivity index (χ3n) is 8.31. The number of hydrogen-bond donors (Lipinski definition) is 4. The molecule has 4 N–H and O–H groups in total. The van der Waals surface area contributed by atoms with Gasteiger partial charge in [0.1, 0.15) is 24.0 Å². The summed E-state index contributed by atoms with van der Waals surface area (Å²) < 4.78 is 6.15. The maximum Gasteiger partial charge on any atom is 0.291 e. The molecule has 1 amide bonds. The normalized spacial score (nSPS) is 33.0. The van der Waals surface area contributed by atoms with E-state index in [0.717, 1.165) is 30.4 Å². The van der Waals surface area contributed by atoms with Crippen LogP contribution in [0.25, 0.3) is 5.57 Å². The van der Waals surface area contributed by atoms with Crippen molar-refractivity contribution in [2.24, 2.45) is 5.41 Å². The quantitative estimate of drug-likeness (QED) is 0.506. The van der Waals surface area contributed by atoms with E-state index in [1.807, 2.05) is 32.0 Å². The number of nitrogens with zero attached hydrogens (tertiary/aromatic N) is 2. The van der Waals surface area contributed by atoms with Crippen molar-refractivity contribution in [2.75, 3.05) is 5.32 Å². The predicted octanol–water partition coefficient (Wildman–Crippen LogP) is 4.27. The van der Waals surface area contributed by atoms with Gasteiger partial charge in [0.05, 0.1) is 17.4 Å². The van der Waals surface area contributed by atoms with E-state index in [-0.39, 0.29) is 22.9 Å². The fourth-order valence-electron chi connectivity index (χ4n) is 6.12. The Bertz CT molecular complexity index is 1250. The van der Waals surface area contributed by atoms with Crippen LogP contribution in [-0.2, 0) is 4.74 Å². The number of rotatable bonds is 4. The van der Waals surface area contributed by atoms with Gasteiger partial charge in [0.2, 0.25) is 0 Å². The highest BCUT2D eigenvalue weighted by molar-refractivity contribution is 6.03. The number of amides is 1. The van der Waals surface area contributed by atoms with Crippen molar-refractivity contribution in [1.29, 1.82) is 5.26 Å². The average molecular weight is 491 g/mol. The number of aromatic nitrogens is 2. The number of aliphatic hydroxyl groups excluding tert-OH is 2. The van der Waals surface area contributed by atoms with E-state index in [0.29, 0.717) is 18.5 Å². The molecular weight excluding hydrogens is 456 g/mol. The van der Waals surface area contributed by atoms with Crippen LogP contribution in [0.4, 0.5) is 5.69 Å². The lowest BCUT2D eigenvalue weighted by atomic mass is 9.75. The number of aliphatic hydroxyl groups is 2. The SMILES string of the molecule is CC1(C)CC=C(c2cc(C3C[C@@]4(C)O[C@@](C)(C3)C(O)[C@@H]4O)ccc2NC(=O)c2ncc(C#N)[nH]2)CC1.